The summed E-state index contributed by atoms with van der Waals surface area (Å²) in [6.45, 7) is 9.13. The molecule has 3 saturated carbocycles. The molecule has 0 aromatic heterocycles. The molecule has 1 aromatic carbocycles. The summed E-state index contributed by atoms with van der Waals surface area (Å²) in [7, 11) is -2.42. The van der Waals surface area contributed by atoms with Gasteiger partial charge in [-0.1, -0.05) is 44.2 Å². The Labute approximate surface area is 181 Å². The SMILES string of the molecule is CN(CCCOCC[C@@H]1CC[C@H]2C[C@@H]1C2(C)C)CCc1ccccc1.O=P(O)(O)O. The molecule has 0 aliphatic heterocycles. The second-order valence-electron chi connectivity index (χ2n) is 9.50. The topological polar surface area (TPSA) is 90.2 Å². The molecule has 3 atom stereocenters. The molecule has 3 N–H and O–H groups in total. The average Bonchev–Trinajstić information content (AvgIpc) is 2.68. The second-order valence-corrected chi connectivity index (χ2v) is 10.5. The van der Waals surface area contributed by atoms with E-state index in [9.17, 15) is 0 Å². The van der Waals surface area contributed by atoms with E-state index in [1.165, 1.54) is 31.2 Å². The molecule has 4 rings (SSSR count). The van der Waals surface area contributed by atoms with Crippen LogP contribution >= 0.6 is 7.82 Å². The van der Waals surface area contributed by atoms with Crippen molar-refractivity contribution >= 4 is 7.82 Å². The van der Waals surface area contributed by atoms with Crippen molar-refractivity contribution in [3.8, 4) is 0 Å². The van der Waals surface area contributed by atoms with E-state index in [0.29, 0.717) is 5.41 Å². The zero-order chi connectivity index (χ0) is 22.2. The molecule has 0 amide bonds. The lowest BCUT2D eigenvalue weighted by Crippen LogP contribution is -2.52. The van der Waals surface area contributed by atoms with Gasteiger partial charge in [-0.15, -0.1) is 0 Å². The third-order valence-corrected chi connectivity index (χ3v) is 7.09. The fourth-order valence-electron chi connectivity index (χ4n) is 5.16. The van der Waals surface area contributed by atoms with Gasteiger partial charge in [0.2, 0.25) is 0 Å². The summed E-state index contributed by atoms with van der Waals surface area (Å²) < 4.78 is 14.8. The van der Waals surface area contributed by atoms with Gasteiger partial charge in [0, 0.05) is 26.3 Å². The number of hydrogen-bond acceptors (Lipinski definition) is 3. The van der Waals surface area contributed by atoms with Crippen LogP contribution < -0.4 is 0 Å². The first kappa shape index (κ1) is 25.5. The summed E-state index contributed by atoms with van der Waals surface area (Å²) in [6.07, 6.45) is 7.96. The maximum Gasteiger partial charge on any atom is 0.466 e. The van der Waals surface area contributed by atoms with Gasteiger partial charge in [0.25, 0.3) is 0 Å². The van der Waals surface area contributed by atoms with Gasteiger partial charge >= 0.3 is 7.82 Å². The molecule has 6 nitrogen and oxygen atoms in total. The van der Waals surface area contributed by atoms with Gasteiger partial charge in [-0.3, -0.25) is 0 Å². The van der Waals surface area contributed by atoms with Crippen molar-refractivity contribution in [1.29, 1.82) is 0 Å². The van der Waals surface area contributed by atoms with Crippen molar-refractivity contribution in [2.75, 3.05) is 33.4 Å². The van der Waals surface area contributed by atoms with Crippen molar-refractivity contribution in [2.24, 2.45) is 23.2 Å². The smallest absolute Gasteiger partial charge is 0.381 e. The molecule has 172 valence electrons. The Morgan fingerprint density at radius 2 is 1.77 bits per heavy atom. The van der Waals surface area contributed by atoms with Gasteiger partial charge in [-0.25, -0.2) is 4.57 Å². The maximum atomic E-state index is 8.88. The number of likely N-dealkylation sites (N-methyl/N-ethyl adjacent to an activating group) is 1. The van der Waals surface area contributed by atoms with Crippen LogP contribution in [-0.4, -0.2) is 52.9 Å². The lowest BCUT2D eigenvalue weighted by atomic mass is 9.45. The molecule has 1 aromatic rings. The number of phosphoric acid groups is 1. The van der Waals surface area contributed by atoms with Gasteiger partial charge in [0.15, 0.2) is 0 Å². The standard InChI is InChI=1S/C23H37NO.H3O4P/c1-23(2)21-11-10-20(22(23)18-21)13-17-25-16-7-14-24(3)15-12-19-8-5-4-6-9-19;1-5(2,3)4/h4-6,8-9,20-22H,7,10-18H2,1-3H3;(H3,1,2,3,4)/t20-,21-,22-;/m0./s1. The van der Waals surface area contributed by atoms with Crippen molar-refractivity contribution in [1.82, 2.24) is 4.90 Å². The van der Waals surface area contributed by atoms with Crippen molar-refractivity contribution in [3.05, 3.63) is 35.9 Å². The minimum atomic E-state index is -4.64. The predicted octanol–water partition coefficient (Wildman–Crippen LogP) is 4.10. The van der Waals surface area contributed by atoms with Gasteiger partial charge < -0.3 is 24.3 Å². The number of hydrogen-bond donors (Lipinski definition) is 3. The molecule has 3 fully saturated rings. The highest BCUT2D eigenvalue weighted by Gasteiger charge is 2.53. The summed E-state index contributed by atoms with van der Waals surface area (Å²) in [5.74, 6) is 2.91. The first-order valence-corrected chi connectivity index (χ1v) is 12.7. The average molecular weight is 442 g/mol. The zero-order valence-electron chi connectivity index (χ0n) is 18.7. The summed E-state index contributed by atoms with van der Waals surface area (Å²) in [4.78, 5) is 24.0. The van der Waals surface area contributed by atoms with Gasteiger partial charge in [-0.2, -0.15) is 0 Å². The van der Waals surface area contributed by atoms with Crippen LogP contribution in [0.5, 0.6) is 0 Å². The molecule has 0 spiro atoms. The Morgan fingerprint density at radius 1 is 1.10 bits per heavy atom. The van der Waals surface area contributed by atoms with Crippen LogP contribution in [0.2, 0.25) is 0 Å². The summed E-state index contributed by atoms with van der Waals surface area (Å²) in [5, 5.41) is 0. The highest BCUT2D eigenvalue weighted by Crippen LogP contribution is 2.61. The summed E-state index contributed by atoms with van der Waals surface area (Å²) >= 11 is 0. The van der Waals surface area contributed by atoms with Crippen LogP contribution in [0.4, 0.5) is 0 Å². The largest absolute Gasteiger partial charge is 0.466 e. The van der Waals surface area contributed by atoms with Crippen LogP contribution in [0.25, 0.3) is 0 Å². The molecular formula is C23H40NO5P. The third kappa shape index (κ3) is 8.78. The maximum absolute atomic E-state index is 8.88. The number of nitrogens with zero attached hydrogens (tertiary/aromatic N) is 1. The van der Waals surface area contributed by atoms with E-state index in [0.717, 1.165) is 56.9 Å². The first-order valence-electron chi connectivity index (χ1n) is 11.2. The highest BCUT2D eigenvalue weighted by atomic mass is 31.2. The van der Waals surface area contributed by atoms with Gasteiger partial charge in [0.05, 0.1) is 0 Å². The molecule has 0 heterocycles. The molecule has 7 heteroatoms. The Morgan fingerprint density at radius 3 is 2.37 bits per heavy atom. The number of ether oxygens (including phenoxy) is 1. The van der Waals surface area contributed by atoms with E-state index in [4.69, 9.17) is 24.0 Å². The monoisotopic (exact) mass is 441 g/mol. The Hall–Kier alpha value is -0.750. The van der Waals surface area contributed by atoms with Crippen molar-refractivity contribution in [2.45, 2.75) is 52.4 Å². The number of rotatable bonds is 10. The van der Waals surface area contributed by atoms with Gasteiger partial charge in [0.1, 0.15) is 0 Å². The fraction of sp³-hybridized carbons (Fsp3) is 0.739. The molecule has 0 unspecified atom stereocenters. The van der Waals surface area contributed by atoms with Crippen LogP contribution in [-0.2, 0) is 15.7 Å². The third-order valence-electron chi connectivity index (χ3n) is 7.09. The Bertz CT molecular complexity index is 653. The number of fused-ring (bicyclic) bond motifs is 2. The first-order chi connectivity index (χ1) is 14.1. The molecule has 0 radical (unpaired) electrons. The molecule has 0 saturated heterocycles. The highest BCUT2D eigenvalue weighted by molar-refractivity contribution is 7.45. The summed E-state index contributed by atoms with van der Waals surface area (Å²) in [5.41, 5.74) is 2.05. The second kappa shape index (κ2) is 11.8. The normalized spacial score (nSPS) is 24.7. The van der Waals surface area contributed by atoms with E-state index in [1.807, 2.05) is 0 Å². The van der Waals surface area contributed by atoms with E-state index < -0.39 is 7.82 Å². The molecule has 3 aliphatic carbocycles. The van der Waals surface area contributed by atoms with E-state index >= 15 is 0 Å². The fourth-order valence-corrected chi connectivity index (χ4v) is 5.16. The predicted molar refractivity (Wildman–Crippen MR) is 120 cm³/mol. The minimum absolute atomic E-state index is 0.615. The van der Waals surface area contributed by atoms with Crippen LogP contribution in [0.1, 0.15) is 51.5 Å². The zero-order valence-corrected chi connectivity index (χ0v) is 19.6. The molecular weight excluding hydrogens is 401 g/mol. The van der Waals surface area contributed by atoms with E-state index in [-0.39, 0.29) is 0 Å². The van der Waals surface area contributed by atoms with Crippen LogP contribution in [0, 0.1) is 23.2 Å². The lowest BCUT2D eigenvalue weighted by Gasteiger charge is -2.60. The van der Waals surface area contributed by atoms with Crippen LogP contribution in [0.15, 0.2) is 30.3 Å². The minimum Gasteiger partial charge on any atom is -0.381 e. The Balaban J connectivity index is 0.000000575. The summed E-state index contributed by atoms with van der Waals surface area (Å²) in [6, 6.07) is 10.8. The van der Waals surface area contributed by atoms with Crippen molar-refractivity contribution < 1.29 is 24.0 Å². The Kier molecular flexibility index (Phi) is 9.99. The van der Waals surface area contributed by atoms with Crippen molar-refractivity contribution in [3.63, 3.8) is 0 Å². The molecule has 2 bridgehead atoms. The number of benzene rings is 1. The van der Waals surface area contributed by atoms with E-state index in [1.54, 1.807) is 0 Å². The quantitative estimate of drug-likeness (QED) is 0.374. The van der Waals surface area contributed by atoms with E-state index in [2.05, 4.69) is 56.1 Å². The lowest BCUT2D eigenvalue weighted by molar-refractivity contribution is -0.111. The molecule has 30 heavy (non-hydrogen) atoms. The van der Waals surface area contributed by atoms with Gasteiger partial charge in [-0.05, 0) is 74.3 Å². The molecule has 3 aliphatic rings. The van der Waals surface area contributed by atoms with Crippen LogP contribution in [0.3, 0.4) is 0 Å².